The topological polar surface area (TPSA) is 50.4 Å². The number of ether oxygens (including phenoxy) is 1. The molecule has 14 heavy (non-hydrogen) atoms. The molecule has 0 spiro atoms. The quantitative estimate of drug-likeness (QED) is 0.685. The maximum atomic E-state index is 11.5. The summed E-state index contributed by atoms with van der Waals surface area (Å²) in [5.41, 5.74) is 0. The highest BCUT2D eigenvalue weighted by atomic mass is 16.5. The second-order valence-corrected chi connectivity index (χ2v) is 4.11. The van der Waals surface area contributed by atoms with Gasteiger partial charge in [0.25, 0.3) is 0 Å². The molecule has 1 aliphatic heterocycles. The molecule has 1 saturated heterocycles. The molecule has 1 heterocycles. The standard InChI is InChI=1S/C10H20N2O2/c1-7(2)11-10(13)8(3)12-9-4-5-14-6-9/h7-9,12H,4-6H2,1-3H3,(H,11,13). The Hall–Kier alpha value is -0.610. The highest BCUT2D eigenvalue weighted by Crippen LogP contribution is 2.04. The molecule has 4 nitrogen and oxygen atoms in total. The average Bonchev–Trinajstić information content (AvgIpc) is 2.55. The van der Waals surface area contributed by atoms with Crippen molar-refractivity contribution in [1.29, 1.82) is 0 Å². The Morgan fingerprint density at radius 2 is 2.14 bits per heavy atom. The molecule has 1 aliphatic rings. The molecule has 1 rings (SSSR count). The van der Waals surface area contributed by atoms with Crippen LogP contribution in [0, 0.1) is 0 Å². The molecule has 1 fully saturated rings. The predicted molar refractivity (Wildman–Crippen MR) is 55.1 cm³/mol. The van der Waals surface area contributed by atoms with Gasteiger partial charge in [0.15, 0.2) is 0 Å². The van der Waals surface area contributed by atoms with Crippen LogP contribution < -0.4 is 10.6 Å². The van der Waals surface area contributed by atoms with Crippen LogP contribution in [0.5, 0.6) is 0 Å². The van der Waals surface area contributed by atoms with Gasteiger partial charge in [0.2, 0.25) is 5.91 Å². The summed E-state index contributed by atoms with van der Waals surface area (Å²) >= 11 is 0. The highest BCUT2D eigenvalue weighted by Gasteiger charge is 2.21. The minimum absolute atomic E-state index is 0.0619. The number of hydrogen-bond acceptors (Lipinski definition) is 3. The summed E-state index contributed by atoms with van der Waals surface area (Å²) in [6.07, 6.45) is 0.999. The summed E-state index contributed by atoms with van der Waals surface area (Å²) in [6.45, 7) is 7.33. The molecule has 0 aromatic heterocycles. The summed E-state index contributed by atoms with van der Waals surface area (Å²) in [5, 5.41) is 6.12. The predicted octanol–water partition coefficient (Wildman–Crippen LogP) is 0.278. The van der Waals surface area contributed by atoms with Crippen LogP contribution in [0.3, 0.4) is 0 Å². The van der Waals surface area contributed by atoms with Gasteiger partial charge < -0.3 is 15.4 Å². The van der Waals surface area contributed by atoms with Gasteiger partial charge in [-0.25, -0.2) is 0 Å². The molecule has 1 amide bonds. The van der Waals surface area contributed by atoms with Crippen LogP contribution in [0.2, 0.25) is 0 Å². The maximum Gasteiger partial charge on any atom is 0.237 e. The molecule has 82 valence electrons. The molecule has 0 radical (unpaired) electrons. The van der Waals surface area contributed by atoms with Crippen molar-refractivity contribution in [2.45, 2.75) is 45.3 Å². The maximum absolute atomic E-state index is 11.5. The fourth-order valence-electron chi connectivity index (χ4n) is 1.50. The Labute approximate surface area is 85.4 Å². The first-order valence-corrected chi connectivity index (χ1v) is 5.23. The third-order valence-corrected chi connectivity index (χ3v) is 2.24. The van der Waals surface area contributed by atoms with Crippen LogP contribution in [0.4, 0.5) is 0 Å². The lowest BCUT2D eigenvalue weighted by molar-refractivity contribution is -0.123. The lowest BCUT2D eigenvalue weighted by atomic mass is 10.2. The Morgan fingerprint density at radius 1 is 1.43 bits per heavy atom. The Bertz CT molecular complexity index is 189. The van der Waals surface area contributed by atoms with Gasteiger partial charge >= 0.3 is 0 Å². The van der Waals surface area contributed by atoms with E-state index in [9.17, 15) is 4.79 Å². The molecule has 4 heteroatoms. The fraction of sp³-hybridized carbons (Fsp3) is 0.900. The van der Waals surface area contributed by atoms with Gasteiger partial charge in [-0.05, 0) is 27.2 Å². The number of hydrogen-bond donors (Lipinski definition) is 2. The third kappa shape index (κ3) is 3.64. The van der Waals surface area contributed by atoms with Crippen molar-refractivity contribution >= 4 is 5.91 Å². The van der Waals surface area contributed by atoms with Crippen LogP contribution in [-0.2, 0) is 9.53 Å². The molecule has 2 unspecified atom stereocenters. The SMILES string of the molecule is CC(C)NC(=O)C(C)NC1CCOC1. The van der Waals surface area contributed by atoms with Gasteiger partial charge in [-0.3, -0.25) is 4.79 Å². The number of carbonyl (C=O) groups excluding carboxylic acids is 1. The first-order chi connectivity index (χ1) is 6.59. The van der Waals surface area contributed by atoms with Crippen molar-refractivity contribution in [3.8, 4) is 0 Å². The van der Waals surface area contributed by atoms with Crippen molar-refractivity contribution in [1.82, 2.24) is 10.6 Å². The molecule has 0 saturated carbocycles. The van der Waals surface area contributed by atoms with Crippen LogP contribution in [0.25, 0.3) is 0 Å². The van der Waals surface area contributed by atoms with Gasteiger partial charge in [-0.1, -0.05) is 0 Å². The monoisotopic (exact) mass is 200 g/mol. The smallest absolute Gasteiger partial charge is 0.237 e. The summed E-state index contributed by atoms with van der Waals surface area (Å²) in [4.78, 5) is 11.5. The number of amides is 1. The van der Waals surface area contributed by atoms with Gasteiger partial charge in [0.1, 0.15) is 0 Å². The van der Waals surface area contributed by atoms with Crippen LogP contribution in [-0.4, -0.2) is 37.2 Å². The Kier molecular flexibility index (Phi) is 4.35. The fourth-order valence-corrected chi connectivity index (χ4v) is 1.50. The third-order valence-electron chi connectivity index (χ3n) is 2.24. The van der Waals surface area contributed by atoms with E-state index in [1.165, 1.54) is 0 Å². The number of rotatable bonds is 4. The van der Waals surface area contributed by atoms with E-state index in [1.54, 1.807) is 0 Å². The number of nitrogens with one attached hydrogen (secondary N) is 2. The van der Waals surface area contributed by atoms with E-state index in [1.807, 2.05) is 20.8 Å². The summed E-state index contributed by atoms with van der Waals surface area (Å²) < 4.78 is 5.22. The molecule has 0 aromatic rings. The van der Waals surface area contributed by atoms with Gasteiger partial charge in [-0.15, -0.1) is 0 Å². The van der Waals surface area contributed by atoms with Crippen LogP contribution >= 0.6 is 0 Å². The van der Waals surface area contributed by atoms with Crippen molar-refractivity contribution < 1.29 is 9.53 Å². The minimum Gasteiger partial charge on any atom is -0.380 e. The largest absolute Gasteiger partial charge is 0.380 e. The van der Waals surface area contributed by atoms with E-state index in [4.69, 9.17) is 4.74 Å². The summed E-state index contributed by atoms with van der Waals surface area (Å²) in [7, 11) is 0. The van der Waals surface area contributed by atoms with Crippen molar-refractivity contribution in [2.24, 2.45) is 0 Å². The lowest BCUT2D eigenvalue weighted by Gasteiger charge is -2.19. The lowest BCUT2D eigenvalue weighted by Crippen LogP contribution is -2.48. The Morgan fingerprint density at radius 3 is 2.64 bits per heavy atom. The second-order valence-electron chi connectivity index (χ2n) is 4.11. The first kappa shape index (κ1) is 11.5. The van der Waals surface area contributed by atoms with E-state index < -0.39 is 0 Å². The molecule has 0 aromatic carbocycles. The van der Waals surface area contributed by atoms with E-state index in [2.05, 4.69) is 10.6 Å². The molecule has 2 N–H and O–H groups in total. The molecular weight excluding hydrogens is 180 g/mol. The molecular formula is C10H20N2O2. The van der Waals surface area contributed by atoms with Crippen molar-refractivity contribution in [2.75, 3.05) is 13.2 Å². The zero-order valence-electron chi connectivity index (χ0n) is 9.17. The zero-order chi connectivity index (χ0) is 10.6. The van der Waals surface area contributed by atoms with E-state index >= 15 is 0 Å². The molecule has 0 bridgehead atoms. The van der Waals surface area contributed by atoms with Gasteiger partial charge in [0, 0.05) is 18.7 Å². The summed E-state index contributed by atoms with van der Waals surface area (Å²) in [5.74, 6) is 0.0619. The molecule has 2 atom stereocenters. The summed E-state index contributed by atoms with van der Waals surface area (Å²) in [6, 6.07) is 0.401. The van der Waals surface area contributed by atoms with Crippen molar-refractivity contribution in [3.63, 3.8) is 0 Å². The second kappa shape index (κ2) is 5.32. The van der Waals surface area contributed by atoms with Crippen molar-refractivity contribution in [3.05, 3.63) is 0 Å². The normalized spacial score (nSPS) is 23.9. The highest BCUT2D eigenvalue weighted by molar-refractivity contribution is 5.81. The average molecular weight is 200 g/mol. The van der Waals surface area contributed by atoms with Crippen LogP contribution in [0.1, 0.15) is 27.2 Å². The van der Waals surface area contributed by atoms with Gasteiger partial charge in [-0.2, -0.15) is 0 Å². The minimum atomic E-state index is -0.135. The first-order valence-electron chi connectivity index (χ1n) is 5.23. The van der Waals surface area contributed by atoms with E-state index in [0.717, 1.165) is 19.6 Å². The van der Waals surface area contributed by atoms with Gasteiger partial charge in [0.05, 0.1) is 12.6 Å². The van der Waals surface area contributed by atoms with Crippen LogP contribution in [0.15, 0.2) is 0 Å². The van der Waals surface area contributed by atoms with E-state index in [0.29, 0.717) is 6.04 Å². The Balaban J connectivity index is 2.25. The molecule has 0 aliphatic carbocycles. The zero-order valence-corrected chi connectivity index (χ0v) is 9.17. The van der Waals surface area contributed by atoms with E-state index in [-0.39, 0.29) is 18.0 Å². The number of carbonyl (C=O) groups is 1.